The average Bonchev–Trinajstić information content (AvgIpc) is 2.17. The van der Waals surface area contributed by atoms with Gasteiger partial charge < -0.3 is 11.1 Å². The monoisotopic (exact) mass is 323 g/mol. The Morgan fingerprint density at radius 2 is 2.00 bits per heavy atom. The number of aliphatic imine (C=N–C) groups is 1. The fraction of sp³-hybridized carbons (Fsp3) is 0.364. The summed E-state index contributed by atoms with van der Waals surface area (Å²) in [6.45, 7) is 3.63. The minimum atomic E-state index is -4.42. The summed E-state index contributed by atoms with van der Waals surface area (Å²) >= 11 is 2.86. The fourth-order valence-corrected chi connectivity index (χ4v) is 1.75. The van der Waals surface area contributed by atoms with Crippen molar-refractivity contribution in [1.82, 2.24) is 0 Å². The standard InChI is InChI=1S/C11H13BrF3N3/c1-6(2)17-10(16)18-7-3-4-9(12)8(5-7)11(13,14)15/h3-6H,1-2H3,(H3,16,17,18). The van der Waals surface area contributed by atoms with Gasteiger partial charge in [0.2, 0.25) is 0 Å². The number of guanidine groups is 1. The zero-order chi connectivity index (χ0) is 13.9. The maximum atomic E-state index is 12.7. The molecule has 0 amide bonds. The molecule has 100 valence electrons. The number of rotatable bonds is 2. The van der Waals surface area contributed by atoms with E-state index in [0.29, 0.717) is 0 Å². The molecule has 0 fully saturated rings. The van der Waals surface area contributed by atoms with Gasteiger partial charge >= 0.3 is 6.18 Å². The van der Waals surface area contributed by atoms with Crippen molar-refractivity contribution in [2.75, 3.05) is 5.32 Å². The van der Waals surface area contributed by atoms with E-state index in [1.54, 1.807) is 0 Å². The van der Waals surface area contributed by atoms with Crippen molar-refractivity contribution in [1.29, 1.82) is 0 Å². The van der Waals surface area contributed by atoms with Gasteiger partial charge in [-0.05, 0) is 32.0 Å². The van der Waals surface area contributed by atoms with Gasteiger partial charge in [-0.25, -0.2) is 0 Å². The van der Waals surface area contributed by atoms with E-state index in [9.17, 15) is 13.2 Å². The second-order valence-corrected chi connectivity index (χ2v) is 4.78. The highest BCUT2D eigenvalue weighted by atomic mass is 79.9. The van der Waals surface area contributed by atoms with Crippen molar-refractivity contribution in [3.8, 4) is 0 Å². The lowest BCUT2D eigenvalue weighted by Gasteiger charge is -2.12. The molecule has 1 aromatic rings. The molecule has 1 rings (SSSR count). The van der Waals surface area contributed by atoms with E-state index in [1.165, 1.54) is 12.1 Å². The van der Waals surface area contributed by atoms with Crippen LogP contribution in [0, 0.1) is 0 Å². The Bertz CT molecular complexity index is 455. The number of halogens is 4. The predicted molar refractivity (Wildman–Crippen MR) is 69.5 cm³/mol. The zero-order valence-electron chi connectivity index (χ0n) is 9.85. The molecule has 0 spiro atoms. The first kappa shape index (κ1) is 14.8. The topological polar surface area (TPSA) is 50.4 Å². The van der Waals surface area contributed by atoms with Gasteiger partial charge in [0.25, 0.3) is 0 Å². The molecule has 0 aliphatic carbocycles. The number of benzene rings is 1. The highest BCUT2D eigenvalue weighted by Crippen LogP contribution is 2.36. The third-order valence-electron chi connectivity index (χ3n) is 1.94. The van der Waals surface area contributed by atoms with Crippen molar-refractivity contribution in [2.24, 2.45) is 10.7 Å². The number of nitrogens with one attached hydrogen (secondary N) is 1. The summed E-state index contributed by atoms with van der Waals surface area (Å²) in [5.41, 5.74) is 5.03. The van der Waals surface area contributed by atoms with Crippen LogP contribution < -0.4 is 11.1 Å². The number of alkyl halides is 3. The van der Waals surface area contributed by atoms with Crippen LogP contribution in [-0.2, 0) is 6.18 Å². The molecule has 0 atom stereocenters. The van der Waals surface area contributed by atoms with Crippen molar-refractivity contribution in [2.45, 2.75) is 26.1 Å². The molecular weight excluding hydrogens is 311 g/mol. The summed E-state index contributed by atoms with van der Waals surface area (Å²) in [5.74, 6) is 0.0837. The van der Waals surface area contributed by atoms with Gasteiger partial charge in [0, 0.05) is 16.2 Å². The van der Waals surface area contributed by atoms with Crippen LogP contribution in [0.5, 0.6) is 0 Å². The third-order valence-corrected chi connectivity index (χ3v) is 2.63. The predicted octanol–water partition coefficient (Wildman–Crippen LogP) is 3.60. The van der Waals surface area contributed by atoms with E-state index in [2.05, 4.69) is 26.2 Å². The molecule has 3 nitrogen and oxygen atoms in total. The number of nitrogens with two attached hydrogens (primary N) is 1. The maximum Gasteiger partial charge on any atom is 0.417 e. The molecule has 1 aromatic carbocycles. The van der Waals surface area contributed by atoms with Gasteiger partial charge in [-0.2, -0.15) is 13.2 Å². The van der Waals surface area contributed by atoms with Crippen LogP contribution in [0.1, 0.15) is 19.4 Å². The quantitative estimate of drug-likeness (QED) is 0.645. The van der Waals surface area contributed by atoms with Gasteiger partial charge in [0.15, 0.2) is 5.96 Å². The second kappa shape index (κ2) is 5.60. The van der Waals surface area contributed by atoms with Gasteiger partial charge in [-0.3, -0.25) is 4.99 Å². The van der Waals surface area contributed by atoms with Gasteiger partial charge in [-0.15, -0.1) is 0 Å². The van der Waals surface area contributed by atoms with E-state index in [4.69, 9.17) is 5.73 Å². The molecule has 0 aliphatic rings. The van der Waals surface area contributed by atoms with E-state index >= 15 is 0 Å². The van der Waals surface area contributed by atoms with Crippen LogP contribution in [0.25, 0.3) is 0 Å². The van der Waals surface area contributed by atoms with Crippen LogP contribution in [0.2, 0.25) is 0 Å². The number of hydrogen-bond donors (Lipinski definition) is 2. The Balaban J connectivity index is 3.00. The average molecular weight is 324 g/mol. The van der Waals surface area contributed by atoms with Crippen LogP contribution in [0.15, 0.2) is 27.7 Å². The lowest BCUT2D eigenvalue weighted by Crippen LogP contribution is -2.24. The lowest BCUT2D eigenvalue weighted by atomic mass is 10.2. The molecule has 0 unspecified atom stereocenters. The molecule has 18 heavy (non-hydrogen) atoms. The highest BCUT2D eigenvalue weighted by Gasteiger charge is 2.33. The summed E-state index contributed by atoms with van der Waals surface area (Å²) in [6, 6.07) is 3.75. The van der Waals surface area contributed by atoms with Crippen molar-refractivity contribution >= 4 is 27.6 Å². The minimum Gasteiger partial charge on any atom is -0.370 e. The normalized spacial score (nSPS) is 12.9. The van der Waals surface area contributed by atoms with Crippen LogP contribution >= 0.6 is 15.9 Å². The molecule has 0 aromatic heterocycles. The molecule has 3 N–H and O–H groups in total. The molecule has 0 bridgehead atoms. The Labute approximate surface area is 111 Å². The molecule has 0 saturated heterocycles. The second-order valence-electron chi connectivity index (χ2n) is 3.93. The number of hydrogen-bond acceptors (Lipinski definition) is 1. The highest BCUT2D eigenvalue weighted by molar-refractivity contribution is 9.10. The third kappa shape index (κ3) is 4.21. The molecule has 7 heteroatoms. The fourth-order valence-electron chi connectivity index (χ4n) is 1.28. The molecular formula is C11H13BrF3N3. The minimum absolute atomic E-state index is 0.0140. The zero-order valence-corrected chi connectivity index (χ0v) is 11.4. The van der Waals surface area contributed by atoms with Crippen LogP contribution in [0.3, 0.4) is 0 Å². The Kier molecular flexibility index (Phi) is 4.61. The van der Waals surface area contributed by atoms with Crippen molar-refractivity contribution < 1.29 is 13.2 Å². The maximum absolute atomic E-state index is 12.7. The Morgan fingerprint density at radius 3 is 2.50 bits per heavy atom. The van der Waals surface area contributed by atoms with E-state index < -0.39 is 11.7 Å². The Hall–Kier alpha value is -1.24. The smallest absolute Gasteiger partial charge is 0.370 e. The SMILES string of the molecule is CC(C)N=C(N)Nc1ccc(Br)c(C(F)(F)F)c1. The molecule has 0 heterocycles. The van der Waals surface area contributed by atoms with E-state index in [-0.39, 0.29) is 22.2 Å². The number of anilines is 1. The summed E-state index contributed by atoms with van der Waals surface area (Å²) in [4.78, 5) is 3.98. The first-order valence-electron chi connectivity index (χ1n) is 5.17. The molecule has 0 aliphatic heterocycles. The summed E-state index contributed by atoms with van der Waals surface area (Å²) in [6.07, 6.45) is -4.42. The van der Waals surface area contributed by atoms with Crippen LogP contribution in [0.4, 0.5) is 18.9 Å². The van der Waals surface area contributed by atoms with Crippen LogP contribution in [-0.4, -0.2) is 12.0 Å². The van der Waals surface area contributed by atoms with Gasteiger partial charge in [-0.1, -0.05) is 15.9 Å². The van der Waals surface area contributed by atoms with Crippen molar-refractivity contribution in [3.63, 3.8) is 0 Å². The number of nitrogens with zero attached hydrogens (tertiary/aromatic N) is 1. The summed E-state index contributed by atoms with van der Waals surface area (Å²) in [7, 11) is 0. The van der Waals surface area contributed by atoms with Gasteiger partial charge in [0.05, 0.1) is 5.56 Å². The molecule has 0 saturated carbocycles. The lowest BCUT2D eigenvalue weighted by molar-refractivity contribution is -0.138. The first-order valence-corrected chi connectivity index (χ1v) is 5.96. The summed E-state index contributed by atoms with van der Waals surface area (Å²) in [5, 5.41) is 2.62. The Morgan fingerprint density at radius 1 is 1.39 bits per heavy atom. The van der Waals surface area contributed by atoms with Crippen molar-refractivity contribution in [3.05, 3.63) is 28.2 Å². The van der Waals surface area contributed by atoms with E-state index in [1.807, 2.05) is 13.8 Å². The van der Waals surface area contributed by atoms with Gasteiger partial charge in [0.1, 0.15) is 0 Å². The largest absolute Gasteiger partial charge is 0.417 e. The summed E-state index contributed by atoms with van der Waals surface area (Å²) < 4.78 is 38.0. The molecule has 0 radical (unpaired) electrons. The first-order chi connectivity index (χ1) is 8.20. The van der Waals surface area contributed by atoms with E-state index in [0.717, 1.165) is 6.07 Å².